The molecule has 5 nitrogen and oxygen atoms in total. The smallest absolute Gasteiger partial charge is 0.335 e. The molecular weight excluding hydrogens is 318 g/mol. The van der Waals surface area contributed by atoms with Crippen LogP contribution in [0.4, 0.5) is 5.69 Å². The van der Waals surface area contributed by atoms with Crippen molar-refractivity contribution < 1.29 is 19.1 Å². The van der Waals surface area contributed by atoms with Crippen molar-refractivity contribution in [3.8, 4) is 0 Å². The van der Waals surface area contributed by atoms with E-state index in [-0.39, 0.29) is 12.5 Å². The molecule has 2 aromatic rings. The zero-order chi connectivity index (χ0) is 17.5. The zero-order valence-electron chi connectivity index (χ0n) is 13.9. The van der Waals surface area contributed by atoms with Gasteiger partial charge in [-0.05, 0) is 36.5 Å². The highest BCUT2D eigenvalue weighted by Gasteiger charge is 2.25. The summed E-state index contributed by atoms with van der Waals surface area (Å²) in [5.41, 5.74) is 2.89. The largest absolute Gasteiger partial charge is 0.454 e. The second-order valence-electron chi connectivity index (χ2n) is 5.98. The van der Waals surface area contributed by atoms with Gasteiger partial charge in [-0.25, -0.2) is 4.79 Å². The number of ether oxygens (including phenoxy) is 2. The number of carbonyl (C=O) groups is 2. The maximum atomic E-state index is 12.1. The lowest BCUT2D eigenvalue weighted by Gasteiger charge is -2.12. The van der Waals surface area contributed by atoms with Gasteiger partial charge in [0, 0.05) is 12.3 Å². The van der Waals surface area contributed by atoms with Crippen molar-refractivity contribution in [3.63, 3.8) is 0 Å². The van der Waals surface area contributed by atoms with E-state index in [0.717, 1.165) is 23.2 Å². The minimum Gasteiger partial charge on any atom is -0.454 e. The molecule has 1 fully saturated rings. The van der Waals surface area contributed by atoms with Crippen LogP contribution in [0.15, 0.2) is 54.6 Å². The van der Waals surface area contributed by atoms with Crippen molar-refractivity contribution in [2.75, 3.05) is 18.5 Å². The maximum absolute atomic E-state index is 12.1. The molecular formula is C20H21NO4. The molecule has 1 aliphatic heterocycles. The molecule has 5 heteroatoms. The van der Waals surface area contributed by atoms with E-state index in [1.165, 1.54) is 0 Å². The summed E-state index contributed by atoms with van der Waals surface area (Å²) in [5, 5.41) is 2.82. The maximum Gasteiger partial charge on any atom is 0.335 e. The molecule has 1 aliphatic rings. The third-order valence-electron chi connectivity index (χ3n) is 4.07. The number of carbonyl (C=O) groups excluding carboxylic acids is 2. The summed E-state index contributed by atoms with van der Waals surface area (Å²) in [6.45, 7) is 0.261. The van der Waals surface area contributed by atoms with E-state index in [2.05, 4.69) is 5.32 Å². The number of nitrogens with one attached hydrogen (secondary N) is 1. The molecule has 0 aliphatic carbocycles. The summed E-state index contributed by atoms with van der Waals surface area (Å²) in [5.74, 6) is -0.822. The molecule has 3 rings (SSSR count). The van der Waals surface area contributed by atoms with Crippen molar-refractivity contribution >= 4 is 17.6 Å². The highest BCUT2D eigenvalue weighted by molar-refractivity contribution is 5.93. The van der Waals surface area contributed by atoms with Gasteiger partial charge >= 0.3 is 5.97 Å². The van der Waals surface area contributed by atoms with Crippen LogP contribution < -0.4 is 5.32 Å². The molecule has 0 bridgehead atoms. The van der Waals surface area contributed by atoms with Gasteiger partial charge in [-0.15, -0.1) is 0 Å². The minimum atomic E-state index is -0.529. The first-order valence-electron chi connectivity index (χ1n) is 8.42. The van der Waals surface area contributed by atoms with Crippen molar-refractivity contribution in [1.29, 1.82) is 0 Å². The fourth-order valence-electron chi connectivity index (χ4n) is 2.79. The number of amides is 1. The van der Waals surface area contributed by atoms with Gasteiger partial charge in [-0.3, -0.25) is 4.79 Å². The average molecular weight is 339 g/mol. The van der Waals surface area contributed by atoms with Gasteiger partial charge in [0.15, 0.2) is 12.7 Å². The quantitative estimate of drug-likeness (QED) is 0.822. The zero-order valence-corrected chi connectivity index (χ0v) is 13.9. The predicted molar refractivity (Wildman–Crippen MR) is 94.3 cm³/mol. The topological polar surface area (TPSA) is 64.6 Å². The highest BCUT2D eigenvalue weighted by Crippen LogP contribution is 2.19. The lowest BCUT2D eigenvalue weighted by Crippen LogP contribution is -2.27. The van der Waals surface area contributed by atoms with Crippen molar-refractivity contribution in [3.05, 3.63) is 65.7 Å². The number of esters is 1. The third kappa shape index (κ3) is 4.90. The Hall–Kier alpha value is -2.66. The Labute approximate surface area is 147 Å². The van der Waals surface area contributed by atoms with E-state index in [4.69, 9.17) is 9.47 Å². The summed E-state index contributed by atoms with van der Waals surface area (Å²) in [6, 6.07) is 17.7. The fraction of sp³-hybridized carbons (Fsp3) is 0.300. The van der Waals surface area contributed by atoms with Crippen LogP contribution in [0, 0.1) is 0 Å². The number of hydrogen-bond acceptors (Lipinski definition) is 4. The molecule has 0 spiro atoms. The molecule has 0 saturated carbocycles. The van der Waals surface area contributed by atoms with Gasteiger partial charge in [-0.2, -0.15) is 0 Å². The molecule has 0 aromatic heterocycles. The summed E-state index contributed by atoms with van der Waals surface area (Å²) < 4.78 is 10.3. The van der Waals surface area contributed by atoms with Crippen LogP contribution >= 0.6 is 0 Å². The summed E-state index contributed by atoms with van der Waals surface area (Å²) in [7, 11) is 0. The molecule has 1 atom stereocenters. The minimum absolute atomic E-state index is 0.307. The predicted octanol–water partition coefficient (Wildman–Crippen LogP) is 2.94. The standard InChI is InChI=1S/C20H21NO4/c22-19(14-25-20(23)18-11-6-12-24-18)21-17-10-5-4-9-16(17)13-15-7-2-1-3-8-15/h1-5,7-10,18H,6,11-14H2,(H,21,22)/t18-/m1/s1. The van der Waals surface area contributed by atoms with Crippen LogP contribution in [0.5, 0.6) is 0 Å². The molecule has 1 N–H and O–H groups in total. The first-order valence-corrected chi connectivity index (χ1v) is 8.42. The molecule has 0 unspecified atom stereocenters. The Kier molecular flexibility index (Phi) is 5.80. The Morgan fingerprint density at radius 3 is 2.60 bits per heavy atom. The molecule has 25 heavy (non-hydrogen) atoms. The second-order valence-corrected chi connectivity index (χ2v) is 5.98. The van der Waals surface area contributed by atoms with Gasteiger partial charge in [0.2, 0.25) is 0 Å². The van der Waals surface area contributed by atoms with E-state index in [1.807, 2.05) is 54.6 Å². The van der Waals surface area contributed by atoms with Crippen LogP contribution in [-0.4, -0.2) is 31.2 Å². The average Bonchev–Trinajstić information content (AvgIpc) is 3.17. The molecule has 1 saturated heterocycles. The van der Waals surface area contributed by atoms with Gasteiger partial charge in [0.05, 0.1) is 0 Å². The van der Waals surface area contributed by atoms with Crippen LogP contribution in [0.25, 0.3) is 0 Å². The van der Waals surface area contributed by atoms with Gasteiger partial charge in [0.1, 0.15) is 0 Å². The van der Waals surface area contributed by atoms with Gasteiger partial charge in [-0.1, -0.05) is 48.5 Å². The van der Waals surface area contributed by atoms with Gasteiger partial charge < -0.3 is 14.8 Å². The first kappa shape index (κ1) is 17.2. The van der Waals surface area contributed by atoms with Crippen molar-refractivity contribution in [1.82, 2.24) is 0 Å². The first-order chi connectivity index (χ1) is 12.2. The highest BCUT2D eigenvalue weighted by atomic mass is 16.6. The second kappa shape index (κ2) is 8.44. The Balaban J connectivity index is 1.56. The Morgan fingerprint density at radius 1 is 1.08 bits per heavy atom. The lowest BCUT2D eigenvalue weighted by atomic mass is 10.0. The number of hydrogen-bond donors (Lipinski definition) is 1. The van der Waals surface area contributed by atoms with E-state index in [9.17, 15) is 9.59 Å². The van der Waals surface area contributed by atoms with E-state index >= 15 is 0 Å². The van der Waals surface area contributed by atoms with Crippen molar-refractivity contribution in [2.45, 2.75) is 25.4 Å². The third-order valence-corrected chi connectivity index (χ3v) is 4.07. The monoisotopic (exact) mass is 339 g/mol. The molecule has 130 valence electrons. The number of rotatable bonds is 6. The van der Waals surface area contributed by atoms with Crippen LogP contribution in [0.1, 0.15) is 24.0 Å². The van der Waals surface area contributed by atoms with E-state index in [1.54, 1.807) is 0 Å². The van der Waals surface area contributed by atoms with E-state index < -0.39 is 12.1 Å². The van der Waals surface area contributed by atoms with E-state index in [0.29, 0.717) is 19.4 Å². The SMILES string of the molecule is O=C(COC(=O)[C@H]1CCCO1)Nc1ccccc1Cc1ccccc1. The van der Waals surface area contributed by atoms with Crippen molar-refractivity contribution in [2.24, 2.45) is 0 Å². The Bertz CT molecular complexity index is 723. The van der Waals surface area contributed by atoms with Crippen LogP contribution in [0.3, 0.4) is 0 Å². The van der Waals surface area contributed by atoms with Crippen LogP contribution in [0.2, 0.25) is 0 Å². The number of anilines is 1. The van der Waals surface area contributed by atoms with Gasteiger partial charge in [0.25, 0.3) is 5.91 Å². The number of benzene rings is 2. The molecule has 1 amide bonds. The van der Waals surface area contributed by atoms with Crippen LogP contribution in [-0.2, 0) is 25.5 Å². The summed E-state index contributed by atoms with van der Waals surface area (Å²) >= 11 is 0. The lowest BCUT2D eigenvalue weighted by molar-refractivity contribution is -0.156. The Morgan fingerprint density at radius 2 is 1.84 bits per heavy atom. The molecule has 2 aromatic carbocycles. The number of para-hydroxylation sites is 1. The summed E-state index contributed by atoms with van der Waals surface area (Å²) in [4.78, 5) is 23.9. The summed E-state index contributed by atoms with van der Waals surface area (Å²) in [6.07, 6.45) is 1.68. The normalized spacial score (nSPS) is 16.4. The molecule has 0 radical (unpaired) electrons. The molecule has 1 heterocycles. The fourth-order valence-corrected chi connectivity index (χ4v) is 2.79.